The highest BCUT2D eigenvalue weighted by Gasteiger charge is 2.18. The number of carbonyl (C=O) groups is 2. The molecule has 1 heterocycles. The summed E-state index contributed by atoms with van der Waals surface area (Å²) < 4.78 is 5.65. The Kier molecular flexibility index (Phi) is 7.14. The minimum Gasteiger partial charge on any atom is -0.484 e. The highest BCUT2D eigenvalue weighted by molar-refractivity contribution is 5.94. The van der Waals surface area contributed by atoms with Crippen molar-refractivity contribution in [3.63, 3.8) is 0 Å². The number of benzene rings is 2. The van der Waals surface area contributed by atoms with Gasteiger partial charge in [0, 0.05) is 25.2 Å². The van der Waals surface area contributed by atoms with Crippen LogP contribution in [0.5, 0.6) is 5.75 Å². The number of hydrogen-bond acceptors (Lipinski definition) is 3. The molecule has 3 rings (SSSR count). The molecule has 2 amide bonds. The zero-order valence-electron chi connectivity index (χ0n) is 18.2. The second-order valence-electron chi connectivity index (χ2n) is 8.89. The maximum Gasteiger partial charge on any atom is 0.258 e. The summed E-state index contributed by atoms with van der Waals surface area (Å²) in [5.74, 6) is 0.610. The summed E-state index contributed by atoms with van der Waals surface area (Å²) in [5, 5.41) is 2.87. The van der Waals surface area contributed by atoms with Gasteiger partial charge in [0.05, 0.1) is 0 Å². The van der Waals surface area contributed by atoms with Crippen LogP contribution in [0.1, 0.15) is 61.5 Å². The molecule has 0 aliphatic carbocycles. The second-order valence-corrected chi connectivity index (χ2v) is 8.89. The molecule has 0 atom stereocenters. The number of nitrogens with zero attached hydrogens (tertiary/aromatic N) is 1. The highest BCUT2D eigenvalue weighted by Crippen LogP contribution is 2.25. The van der Waals surface area contributed by atoms with E-state index in [9.17, 15) is 9.59 Å². The topological polar surface area (TPSA) is 58.6 Å². The summed E-state index contributed by atoms with van der Waals surface area (Å²) in [6.45, 7) is 8.49. The number of ether oxygens (including phenoxy) is 1. The maximum absolute atomic E-state index is 12.5. The fourth-order valence-corrected chi connectivity index (χ4v) is 3.50. The van der Waals surface area contributed by atoms with Crippen LogP contribution in [-0.4, -0.2) is 36.4 Å². The van der Waals surface area contributed by atoms with Gasteiger partial charge in [-0.3, -0.25) is 9.59 Å². The van der Waals surface area contributed by atoms with Gasteiger partial charge in [0.1, 0.15) is 5.75 Å². The second kappa shape index (κ2) is 9.79. The molecule has 1 fully saturated rings. The van der Waals surface area contributed by atoms with Crippen molar-refractivity contribution in [1.29, 1.82) is 0 Å². The van der Waals surface area contributed by atoms with Gasteiger partial charge >= 0.3 is 0 Å². The molecule has 0 bridgehead atoms. The lowest BCUT2D eigenvalue weighted by atomic mass is 9.87. The fraction of sp³-hybridized carbons (Fsp3) is 0.440. The van der Waals surface area contributed by atoms with Crippen molar-refractivity contribution in [2.45, 2.75) is 52.0 Å². The van der Waals surface area contributed by atoms with Crippen molar-refractivity contribution in [2.75, 3.05) is 19.7 Å². The Hall–Kier alpha value is -2.82. The Morgan fingerprint density at radius 3 is 2.37 bits per heavy atom. The summed E-state index contributed by atoms with van der Waals surface area (Å²) in [6.07, 6.45) is 3.37. The average Bonchev–Trinajstić information content (AvgIpc) is 2.76. The number of hydrogen-bond donors (Lipinski definition) is 1. The van der Waals surface area contributed by atoms with E-state index in [2.05, 4.69) is 32.2 Å². The van der Waals surface area contributed by atoms with E-state index in [0.29, 0.717) is 17.9 Å². The van der Waals surface area contributed by atoms with E-state index in [-0.39, 0.29) is 23.8 Å². The lowest BCUT2D eigenvalue weighted by molar-refractivity contribution is -0.123. The van der Waals surface area contributed by atoms with Gasteiger partial charge in [-0.05, 0) is 60.1 Å². The maximum atomic E-state index is 12.5. The third-order valence-corrected chi connectivity index (χ3v) is 5.40. The van der Waals surface area contributed by atoms with Crippen LogP contribution in [0, 0.1) is 0 Å². The lowest BCUT2D eigenvalue weighted by Gasteiger charge is -2.26. The molecule has 5 nitrogen and oxygen atoms in total. The Morgan fingerprint density at radius 2 is 1.70 bits per heavy atom. The quantitative estimate of drug-likeness (QED) is 0.775. The smallest absolute Gasteiger partial charge is 0.258 e. The Balaban J connectivity index is 1.46. The van der Waals surface area contributed by atoms with Gasteiger partial charge in [0.15, 0.2) is 6.61 Å². The molecule has 5 heteroatoms. The molecule has 0 saturated carbocycles. The third-order valence-electron chi connectivity index (χ3n) is 5.40. The largest absolute Gasteiger partial charge is 0.484 e. The van der Waals surface area contributed by atoms with E-state index >= 15 is 0 Å². The lowest BCUT2D eigenvalue weighted by Crippen LogP contribution is -2.35. The van der Waals surface area contributed by atoms with Crippen molar-refractivity contribution >= 4 is 11.8 Å². The highest BCUT2D eigenvalue weighted by atomic mass is 16.5. The molecule has 160 valence electrons. The molecule has 0 spiro atoms. The van der Waals surface area contributed by atoms with Crippen LogP contribution in [0.3, 0.4) is 0 Å². The van der Waals surface area contributed by atoms with Crippen LogP contribution in [0.2, 0.25) is 0 Å². The summed E-state index contributed by atoms with van der Waals surface area (Å²) in [7, 11) is 0. The molecule has 0 unspecified atom stereocenters. The summed E-state index contributed by atoms with van der Waals surface area (Å²) in [5.41, 5.74) is 2.85. The van der Waals surface area contributed by atoms with E-state index in [1.165, 1.54) is 12.0 Å². The molecule has 1 aliphatic rings. The van der Waals surface area contributed by atoms with Gasteiger partial charge in [0.25, 0.3) is 11.8 Å². The van der Waals surface area contributed by atoms with Gasteiger partial charge in [-0.15, -0.1) is 0 Å². The van der Waals surface area contributed by atoms with E-state index in [1.54, 1.807) is 0 Å². The minimum atomic E-state index is -0.176. The van der Waals surface area contributed by atoms with E-state index < -0.39 is 0 Å². The molecule has 0 aromatic heterocycles. The monoisotopic (exact) mass is 408 g/mol. The summed E-state index contributed by atoms with van der Waals surface area (Å²) in [6, 6.07) is 15.3. The standard InChI is InChI=1S/C25H32N2O3/c1-25(2,3)21-8-7-9-22(16-21)30-18-23(28)26-17-19-10-12-20(13-11-19)24(29)27-14-5-4-6-15-27/h7-13,16H,4-6,14-15,17-18H2,1-3H3,(H,26,28). The number of rotatable bonds is 6. The van der Waals surface area contributed by atoms with Gasteiger partial charge < -0.3 is 15.0 Å². The molecule has 30 heavy (non-hydrogen) atoms. The SMILES string of the molecule is CC(C)(C)c1cccc(OCC(=O)NCc2ccc(C(=O)N3CCCCC3)cc2)c1. The van der Waals surface area contributed by atoms with Crippen LogP contribution in [0.4, 0.5) is 0 Å². The van der Waals surface area contributed by atoms with E-state index in [1.807, 2.05) is 47.4 Å². The minimum absolute atomic E-state index is 0.0286. The first-order valence-corrected chi connectivity index (χ1v) is 10.7. The van der Waals surface area contributed by atoms with Crippen LogP contribution in [0.15, 0.2) is 48.5 Å². The van der Waals surface area contributed by atoms with Gasteiger partial charge in [0.2, 0.25) is 0 Å². The normalized spacial score (nSPS) is 14.3. The van der Waals surface area contributed by atoms with Crippen molar-refractivity contribution in [3.8, 4) is 5.75 Å². The molecule has 2 aromatic rings. The fourth-order valence-electron chi connectivity index (χ4n) is 3.50. The predicted octanol–water partition coefficient (Wildman–Crippen LogP) is 4.31. The number of carbonyl (C=O) groups excluding carboxylic acids is 2. The average molecular weight is 409 g/mol. The first-order chi connectivity index (χ1) is 14.3. The molecule has 1 aliphatic heterocycles. The number of likely N-dealkylation sites (tertiary alicyclic amines) is 1. The van der Waals surface area contributed by atoms with Crippen molar-refractivity contribution in [1.82, 2.24) is 10.2 Å². The van der Waals surface area contributed by atoms with Crippen molar-refractivity contribution < 1.29 is 14.3 Å². The predicted molar refractivity (Wildman–Crippen MR) is 119 cm³/mol. The summed E-state index contributed by atoms with van der Waals surface area (Å²) >= 11 is 0. The summed E-state index contributed by atoms with van der Waals surface area (Å²) in [4.78, 5) is 26.6. The molecule has 1 saturated heterocycles. The molecular weight excluding hydrogens is 376 g/mol. The molecule has 0 radical (unpaired) electrons. The van der Waals surface area contributed by atoms with E-state index in [0.717, 1.165) is 31.5 Å². The number of nitrogens with one attached hydrogen (secondary N) is 1. The first kappa shape index (κ1) is 21.9. The van der Waals surface area contributed by atoms with E-state index in [4.69, 9.17) is 4.74 Å². The Morgan fingerprint density at radius 1 is 1.00 bits per heavy atom. The van der Waals surface area contributed by atoms with Gasteiger partial charge in [-0.25, -0.2) is 0 Å². The zero-order chi connectivity index (χ0) is 21.6. The third kappa shape index (κ3) is 6.09. The van der Waals surface area contributed by atoms with Crippen molar-refractivity contribution in [2.24, 2.45) is 0 Å². The van der Waals surface area contributed by atoms with Crippen LogP contribution < -0.4 is 10.1 Å². The van der Waals surface area contributed by atoms with Crippen LogP contribution in [0.25, 0.3) is 0 Å². The first-order valence-electron chi connectivity index (χ1n) is 10.7. The Bertz CT molecular complexity index is 863. The van der Waals surface area contributed by atoms with Gasteiger partial charge in [-0.2, -0.15) is 0 Å². The number of amides is 2. The molecular formula is C25H32N2O3. The van der Waals surface area contributed by atoms with Crippen molar-refractivity contribution in [3.05, 3.63) is 65.2 Å². The molecule has 2 aromatic carbocycles. The number of piperidine rings is 1. The zero-order valence-corrected chi connectivity index (χ0v) is 18.2. The van der Waals surface area contributed by atoms with Crippen LogP contribution >= 0.6 is 0 Å². The van der Waals surface area contributed by atoms with Crippen LogP contribution in [-0.2, 0) is 16.8 Å². The Labute approximate surface area is 179 Å². The molecule has 1 N–H and O–H groups in total. The van der Waals surface area contributed by atoms with Gasteiger partial charge in [-0.1, -0.05) is 45.0 Å².